The predicted octanol–water partition coefficient (Wildman–Crippen LogP) is 2.83. The van der Waals surface area contributed by atoms with Crippen molar-refractivity contribution in [3.05, 3.63) is 42.6 Å². The van der Waals surface area contributed by atoms with Gasteiger partial charge in [-0.3, -0.25) is 4.72 Å². The quantitative estimate of drug-likeness (QED) is 0.372. The minimum absolute atomic E-state index is 0.0365. The van der Waals surface area contributed by atoms with Gasteiger partial charge in [0.25, 0.3) is 0 Å². The number of hydrogen-bond donors (Lipinski definition) is 3. The van der Waals surface area contributed by atoms with Crippen LogP contribution in [0.2, 0.25) is 0 Å². The number of nitrogens with zero attached hydrogens (tertiary/aromatic N) is 6. The molecule has 0 aliphatic rings. The van der Waals surface area contributed by atoms with Gasteiger partial charge in [0.2, 0.25) is 10.0 Å². The van der Waals surface area contributed by atoms with E-state index in [1.165, 1.54) is 24.8 Å². The second-order valence-electron chi connectivity index (χ2n) is 6.57. The van der Waals surface area contributed by atoms with E-state index in [9.17, 15) is 17.2 Å². The fraction of sp³-hybridized carbons (Fsp3) is 0.263. The Morgan fingerprint density at radius 2 is 1.88 bits per heavy atom. The van der Waals surface area contributed by atoms with E-state index < -0.39 is 33.2 Å². The van der Waals surface area contributed by atoms with E-state index >= 15 is 0 Å². The summed E-state index contributed by atoms with van der Waals surface area (Å²) in [5, 5.41) is 14.1. The summed E-state index contributed by atoms with van der Waals surface area (Å²) in [4.78, 5) is 19.9. The van der Waals surface area contributed by atoms with E-state index in [0.717, 1.165) is 0 Å². The zero-order chi connectivity index (χ0) is 23.8. The standard InChI is InChI=1S/C19H19F2N9O2S/c1-2-8-33(31,32)30-18-15(21)16(12(20)10-26-18)29-19-17(24-6-7-25-19)13-9-14(28-11-27-13)23-5-3-4-22/h6-7,9-11H,2-3,5,8H2,1H3,(H,23,27,28)(H2,25,26,29,30). The van der Waals surface area contributed by atoms with Gasteiger partial charge in [-0.25, -0.2) is 42.1 Å². The lowest BCUT2D eigenvalue weighted by atomic mass is 10.2. The van der Waals surface area contributed by atoms with Crippen LogP contribution in [-0.2, 0) is 10.0 Å². The van der Waals surface area contributed by atoms with Gasteiger partial charge in [-0.2, -0.15) is 5.26 Å². The molecule has 0 aliphatic heterocycles. The third kappa shape index (κ3) is 6.04. The van der Waals surface area contributed by atoms with Crippen LogP contribution in [0.3, 0.4) is 0 Å². The first kappa shape index (κ1) is 23.7. The highest BCUT2D eigenvalue weighted by Crippen LogP contribution is 2.30. The van der Waals surface area contributed by atoms with E-state index in [0.29, 0.717) is 30.7 Å². The minimum Gasteiger partial charge on any atom is -0.369 e. The molecular weight excluding hydrogens is 456 g/mol. The number of pyridine rings is 1. The summed E-state index contributed by atoms with van der Waals surface area (Å²) in [5.41, 5.74) is -0.215. The highest BCUT2D eigenvalue weighted by molar-refractivity contribution is 7.92. The van der Waals surface area contributed by atoms with Crippen LogP contribution >= 0.6 is 0 Å². The Morgan fingerprint density at radius 1 is 1.09 bits per heavy atom. The molecule has 33 heavy (non-hydrogen) atoms. The molecule has 0 bridgehead atoms. The van der Waals surface area contributed by atoms with Crippen LogP contribution in [-0.4, -0.2) is 45.6 Å². The fourth-order valence-electron chi connectivity index (χ4n) is 2.68. The summed E-state index contributed by atoms with van der Waals surface area (Å²) in [5.74, 6) is -2.83. The molecule has 0 saturated carbocycles. The topological polar surface area (TPSA) is 158 Å². The van der Waals surface area contributed by atoms with Gasteiger partial charge in [-0.1, -0.05) is 6.92 Å². The predicted molar refractivity (Wildman–Crippen MR) is 117 cm³/mol. The van der Waals surface area contributed by atoms with Crippen molar-refractivity contribution in [3.63, 3.8) is 0 Å². The average Bonchev–Trinajstić information content (AvgIpc) is 2.79. The van der Waals surface area contributed by atoms with Gasteiger partial charge in [0.1, 0.15) is 23.5 Å². The molecule has 3 heterocycles. The highest BCUT2D eigenvalue weighted by Gasteiger charge is 2.21. The SMILES string of the molecule is CCCS(=O)(=O)Nc1ncc(F)c(Nc2nccnc2-c2cc(NCCC#N)ncn2)c1F. The molecule has 11 nitrogen and oxygen atoms in total. The molecule has 3 rings (SSSR count). The molecule has 0 radical (unpaired) electrons. The molecule has 0 fully saturated rings. The Labute approximate surface area is 188 Å². The van der Waals surface area contributed by atoms with Gasteiger partial charge in [-0.05, 0) is 6.42 Å². The van der Waals surface area contributed by atoms with Crippen molar-refractivity contribution in [1.29, 1.82) is 5.26 Å². The van der Waals surface area contributed by atoms with Crippen molar-refractivity contribution >= 4 is 33.2 Å². The van der Waals surface area contributed by atoms with E-state index in [1.807, 2.05) is 10.8 Å². The summed E-state index contributed by atoms with van der Waals surface area (Å²) in [6.07, 6.45) is 5.20. The molecule has 0 atom stereocenters. The van der Waals surface area contributed by atoms with Gasteiger partial charge < -0.3 is 10.6 Å². The van der Waals surface area contributed by atoms with Crippen LogP contribution < -0.4 is 15.4 Å². The molecule has 3 N–H and O–H groups in total. The Hall–Kier alpha value is -3.99. The first-order chi connectivity index (χ1) is 15.8. The van der Waals surface area contributed by atoms with E-state index in [1.54, 1.807) is 6.92 Å². The van der Waals surface area contributed by atoms with Crippen molar-refractivity contribution in [2.24, 2.45) is 0 Å². The molecule has 0 aliphatic carbocycles. The zero-order valence-electron chi connectivity index (χ0n) is 17.4. The first-order valence-electron chi connectivity index (χ1n) is 9.70. The Bertz CT molecular complexity index is 1280. The number of anilines is 4. The highest BCUT2D eigenvalue weighted by atomic mass is 32.2. The molecule has 3 aromatic rings. The molecule has 0 amide bonds. The Morgan fingerprint density at radius 3 is 2.64 bits per heavy atom. The summed E-state index contributed by atoms with van der Waals surface area (Å²) in [6, 6.07) is 3.54. The Balaban J connectivity index is 1.94. The van der Waals surface area contributed by atoms with Crippen molar-refractivity contribution in [1.82, 2.24) is 24.9 Å². The zero-order valence-corrected chi connectivity index (χ0v) is 18.2. The third-order valence-corrected chi connectivity index (χ3v) is 5.54. The maximum Gasteiger partial charge on any atom is 0.233 e. The van der Waals surface area contributed by atoms with Crippen molar-refractivity contribution in [2.75, 3.05) is 27.7 Å². The molecule has 14 heteroatoms. The second-order valence-corrected chi connectivity index (χ2v) is 8.41. The summed E-state index contributed by atoms with van der Waals surface area (Å²) >= 11 is 0. The van der Waals surface area contributed by atoms with Gasteiger partial charge in [0.15, 0.2) is 23.3 Å². The van der Waals surface area contributed by atoms with Crippen LogP contribution in [0.5, 0.6) is 0 Å². The molecule has 172 valence electrons. The van der Waals surface area contributed by atoms with Gasteiger partial charge in [-0.15, -0.1) is 0 Å². The third-order valence-electron chi connectivity index (χ3n) is 4.09. The number of nitriles is 1. The smallest absolute Gasteiger partial charge is 0.233 e. The molecule has 3 aromatic heterocycles. The van der Waals surface area contributed by atoms with Crippen LogP contribution in [0, 0.1) is 23.0 Å². The lowest BCUT2D eigenvalue weighted by Gasteiger charge is -2.14. The first-order valence-corrected chi connectivity index (χ1v) is 11.4. The van der Waals surface area contributed by atoms with Crippen molar-refractivity contribution in [2.45, 2.75) is 19.8 Å². The number of aromatic nitrogens is 5. The molecule has 0 unspecified atom stereocenters. The normalized spacial score (nSPS) is 11.0. The Kier molecular flexibility index (Phi) is 7.57. The average molecular weight is 475 g/mol. The van der Waals surface area contributed by atoms with Crippen LogP contribution in [0.15, 0.2) is 31.0 Å². The maximum atomic E-state index is 15.0. The molecule has 0 saturated heterocycles. The second kappa shape index (κ2) is 10.6. The maximum absolute atomic E-state index is 15.0. The van der Waals surface area contributed by atoms with E-state index in [2.05, 4.69) is 35.6 Å². The van der Waals surface area contributed by atoms with Crippen LogP contribution in [0.25, 0.3) is 11.4 Å². The van der Waals surface area contributed by atoms with Crippen molar-refractivity contribution in [3.8, 4) is 17.5 Å². The molecule has 0 spiro atoms. The summed E-state index contributed by atoms with van der Waals surface area (Å²) in [7, 11) is -3.85. The van der Waals surface area contributed by atoms with E-state index in [-0.39, 0.29) is 23.7 Å². The number of rotatable bonds is 10. The number of halogens is 2. The fourth-order valence-corrected chi connectivity index (χ4v) is 3.76. The van der Waals surface area contributed by atoms with Gasteiger partial charge in [0.05, 0.1) is 30.1 Å². The lowest BCUT2D eigenvalue weighted by molar-refractivity contribution is 0.580. The van der Waals surface area contributed by atoms with Gasteiger partial charge in [0, 0.05) is 25.0 Å². The van der Waals surface area contributed by atoms with Crippen LogP contribution in [0.4, 0.5) is 31.9 Å². The summed E-state index contributed by atoms with van der Waals surface area (Å²) in [6.45, 7) is 2.01. The molecule has 0 aromatic carbocycles. The monoisotopic (exact) mass is 475 g/mol. The number of hydrogen-bond acceptors (Lipinski definition) is 10. The number of sulfonamides is 1. The lowest BCUT2D eigenvalue weighted by Crippen LogP contribution is -2.18. The summed E-state index contributed by atoms with van der Waals surface area (Å²) < 4.78 is 55.3. The minimum atomic E-state index is -3.85. The molecular formula is C19H19F2N9O2S. The van der Waals surface area contributed by atoms with Gasteiger partial charge >= 0.3 is 0 Å². The largest absolute Gasteiger partial charge is 0.369 e. The number of nitrogens with one attached hydrogen (secondary N) is 3. The van der Waals surface area contributed by atoms with Crippen molar-refractivity contribution < 1.29 is 17.2 Å². The van der Waals surface area contributed by atoms with Crippen LogP contribution in [0.1, 0.15) is 19.8 Å². The van der Waals surface area contributed by atoms with E-state index in [4.69, 9.17) is 5.26 Å².